The predicted octanol–water partition coefficient (Wildman–Crippen LogP) is 3.70. The van der Waals surface area contributed by atoms with Gasteiger partial charge in [0.25, 0.3) is 0 Å². The van der Waals surface area contributed by atoms with Crippen LogP contribution in [0, 0.1) is 6.92 Å². The molecule has 0 aliphatic heterocycles. The average Bonchev–Trinajstić information content (AvgIpc) is 2.53. The summed E-state index contributed by atoms with van der Waals surface area (Å²) in [6, 6.07) is 1.97. The molecular weight excluding hydrogens is 244 g/mol. The van der Waals surface area contributed by atoms with Gasteiger partial charge in [0.15, 0.2) is 0 Å². The highest BCUT2D eigenvalue weighted by atomic mass is 35.5. The summed E-state index contributed by atoms with van der Waals surface area (Å²) in [5, 5.41) is 10.2. The van der Waals surface area contributed by atoms with Gasteiger partial charge in [-0.05, 0) is 37.8 Å². The van der Waals surface area contributed by atoms with E-state index in [9.17, 15) is 5.11 Å². The highest BCUT2D eigenvalue weighted by Crippen LogP contribution is 2.43. The van der Waals surface area contributed by atoms with Crippen LogP contribution in [0.15, 0.2) is 6.07 Å². The molecule has 90 valence electrons. The zero-order chi connectivity index (χ0) is 11.8. The van der Waals surface area contributed by atoms with Crippen molar-refractivity contribution in [1.82, 2.24) is 0 Å². The van der Waals surface area contributed by atoms with Crippen molar-refractivity contribution in [3.63, 3.8) is 0 Å². The van der Waals surface area contributed by atoms with Gasteiger partial charge in [-0.15, -0.1) is 11.3 Å². The molecule has 2 rings (SSSR count). The quantitative estimate of drug-likeness (QED) is 0.895. The van der Waals surface area contributed by atoms with Crippen LogP contribution in [0.2, 0.25) is 4.34 Å². The SMILES string of the molecule is COC1(CC(O)c2cc(C)c(Cl)s2)CCC1. The summed E-state index contributed by atoms with van der Waals surface area (Å²) < 4.78 is 6.29. The van der Waals surface area contributed by atoms with Crippen LogP contribution in [0.5, 0.6) is 0 Å². The van der Waals surface area contributed by atoms with Crippen LogP contribution >= 0.6 is 22.9 Å². The Morgan fingerprint density at radius 3 is 2.69 bits per heavy atom. The monoisotopic (exact) mass is 260 g/mol. The topological polar surface area (TPSA) is 29.5 Å². The van der Waals surface area contributed by atoms with E-state index in [1.807, 2.05) is 13.0 Å². The Morgan fingerprint density at radius 2 is 2.31 bits per heavy atom. The first-order valence-electron chi connectivity index (χ1n) is 5.55. The summed E-state index contributed by atoms with van der Waals surface area (Å²) in [6.45, 7) is 1.96. The number of aliphatic hydroxyl groups excluding tert-OH is 1. The van der Waals surface area contributed by atoms with E-state index in [4.69, 9.17) is 16.3 Å². The molecule has 1 aromatic rings. The fraction of sp³-hybridized carbons (Fsp3) is 0.667. The van der Waals surface area contributed by atoms with Gasteiger partial charge < -0.3 is 9.84 Å². The molecule has 1 heterocycles. The Kier molecular flexibility index (Phi) is 3.59. The minimum Gasteiger partial charge on any atom is -0.387 e. The largest absolute Gasteiger partial charge is 0.387 e. The van der Waals surface area contributed by atoms with Crippen LogP contribution in [-0.2, 0) is 4.74 Å². The fourth-order valence-corrected chi connectivity index (χ4v) is 3.37. The number of aryl methyl sites for hydroxylation is 1. The Hall–Kier alpha value is -0.0900. The Morgan fingerprint density at radius 1 is 1.62 bits per heavy atom. The van der Waals surface area contributed by atoms with Crippen LogP contribution in [-0.4, -0.2) is 17.8 Å². The van der Waals surface area contributed by atoms with E-state index in [0.29, 0.717) is 6.42 Å². The fourth-order valence-electron chi connectivity index (χ4n) is 2.16. The summed E-state index contributed by atoms with van der Waals surface area (Å²) in [7, 11) is 1.73. The van der Waals surface area contributed by atoms with Crippen molar-refractivity contribution in [2.75, 3.05) is 7.11 Å². The van der Waals surface area contributed by atoms with Gasteiger partial charge in [-0.3, -0.25) is 0 Å². The first-order valence-corrected chi connectivity index (χ1v) is 6.75. The third-order valence-electron chi connectivity index (χ3n) is 3.47. The first kappa shape index (κ1) is 12.4. The van der Waals surface area contributed by atoms with Crippen molar-refractivity contribution in [3.05, 3.63) is 20.8 Å². The number of methoxy groups -OCH3 is 1. The number of aliphatic hydroxyl groups is 1. The zero-order valence-corrected chi connectivity index (χ0v) is 11.2. The second kappa shape index (κ2) is 4.65. The van der Waals surface area contributed by atoms with Gasteiger partial charge in [0.1, 0.15) is 0 Å². The predicted molar refractivity (Wildman–Crippen MR) is 67.2 cm³/mol. The van der Waals surface area contributed by atoms with E-state index in [0.717, 1.165) is 27.6 Å². The van der Waals surface area contributed by atoms with Gasteiger partial charge in [0.2, 0.25) is 0 Å². The molecule has 1 aliphatic rings. The first-order chi connectivity index (χ1) is 7.56. The van der Waals surface area contributed by atoms with Crippen molar-refractivity contribution in [2.24, 2.45) is 0 Å². The van der Waals surface area contributed by atoms with Gasteiger partial charge in [0.05, 0.1) is 16.0 Å². The van der Waals surface area contributed by atoms with Gasteiger partial charge in [-0.2, -0.15) is 0 Å². The third-order valence-corrected chi connectivity index (χ3v) is 5.12. The lowest BCUT2D eigenvalue weighted by molar-refractivity contribution is -0.0994. The molecule has 0 amide bonds. The lowest BCUT2D eigenvalue weighted by atomic mass is 9.76. The Bertz CT molecular complexity index is 346. The zero-order valence-electron chi connectivity index (χ0n) is 9.62. The van der Waals surface area contributed by atoms with Crippen molar-refractivity contribution >= 4 is 22.9 Å². The van der Waals surface area contributed by atoms with E-state index in [1.54, 1.807) is 7.11 Å². The number of ether oxygens (including phenoxy) is 1. The summed E-state index contributed by atoms with van der Waals surface area (Å²) >= 11 is 7.47. The maximum atomic E-state index is 10.2. The normalized spacial score (nSPS) is 20.5. The van der Waals surface area contributed by atoms with Crippen LogP contribution in [0.1, 0.15) is 42.2 Å². The van der Waals surface area contributed by atoms with Crippen molar-refractivity contribution in [3.8, 4) is 0 Å². The molecule has 0 saturated heterocycles. The summed E-state index contributed by atoms with van der Waals surface area (Å²) in [5.74, 6) is 0. The highest BCUT2D eigenvalue weighted by molar-refractivity contribution is 7.16. The molecule has 0 bridgehead atoms. The van der Waals surface area contributed by atoms with E-state index in [2.05, 4.69) is 0 Å². The van der Waals surface area contributed by atoms with Crippen LogP contribution in [0.25, 0.3) is 0 Å². The average molecular weight is 261 g/mol. The van der Waals surface area contributed by atoms with Crippen LogP contribution in [0.4, 0.5) is 0 Å². The Balaban J connectivity index is 2.05. The molecule has 2 nitrogen and oxygen atoms in total. The Labute approximate surface area is 105 Å². The number of hydrogen-bond donors (Lipinski definition) is 1. The summed E-state index contributed by atoms with van der Waals surface area (Å²) in [4.78, 5) is 0.950. The number of rotatable bonds is 4. The van der Waals surface area contributed by atoms with Crippen molar-refractivity contribution in [1.29, 1.82) is 0 Å². The second-order valence-electron chi connectivity index (χ2n) is 4.57. The van der Waals surface area contributed by atoms with E-state index >= 15 is 0 Å². The summed E-state index contributed by atoms with van der Waals surface area (Å²) in [6.07, 6.45) is 3.54. The van der Waals surface area contributed by atoms with E-state index in [-0.39, 0.29) is 5.60 Å². The molecule has 1 unspecified atom stereocenters. The second-order valence-corrected chi connectivity index (χ2v) is 6.25. The molecule has 1 aliphatic carbocycles. The van der Waals surface area contributed by atoms with Crippen molar-refractivity contribution in [2.45, 2.75) is 44.3 Å². The standard InChI is InChI=1S/C12H17ClO2S/c1-8-6-10(16-11(8)13)9(14)7-12(15-2)4-3-5-12/h6,9,14H,3-5,7H2,1-2H3. The van der Waals surface area contributed by atoms with Crippen molar-refractivity contribution < 1.29 is 9.84 Å². The van der Waals surface area contributed by atoms with Crippen LogP contribution in [0.3, 0.4) is 0 Å². The molecule has 1 fully saturated rings. The smallest absolute Gasteiger partial charge is 0.0961 e. The van der Waals surface area contributed by atoms with Gasteiger partial charge in [0, 0.05) is 18.4 Å². The molecule has 1 saturated carbocycles. The third kappa shape index (κ3) is 2.28. The van der Waals surface area contributed by atoms with Gasteiger partial charge >= 0.3 is 0 Å². The highest BCUT2D eigenvalue weighted by Gasteiger charge is 2.39. The molecule has 4 heteroatoms. The molecule has 1 aromatic heterocycles. The molecule has 0 aromatic carbocycles. The summed E-state index contributed by atoms with van der Waals surface area (Å²) in [5.41, 5.74) is 0.949. The molecular formula is C12H17ClO2S. The number of halogens is 1. The molecule has 16 heavy (non-hydrogen) atoms. The molecule has 1 N–H and O–H groups in total. The van der Waals surface area contributed by atoms with Crippen LogP contribution < -0.4 is 0 Å². The van der Waals surface area contributed by atoms with Gasteiger partial charge in [-0.25, -0.2) is 0 Å². The number of hydrogen-bond acceptors (Lipinski definition) is 3. The molecule has 0 spiro atoms. The number of thiophene rings is 1. The van der Waals surface area contributed by atoms with E-state index in [1.165, 1.54) is 17.8 Å². The lowest BCUT2D eigenvalue weighted by Crippen LogP contribution is -2.40. The minimum atomic E-state index is -0.448. The molecule has 1 atom stereocenters. The van der Waals surface area contributed by atoms with Gasteiger partial charge in [-0.1, -0.05) is 11.6 Å². The maximum Gasteiger partial charge on any atom is 0.0961 e. The molecule has 0 radical (unpaired) electrons. The van der Waals surface area contributed by atoms with E-state index < -0.39 is 6.10 Å². The lowest BCUT2D eigenvalue weighted by Gasteiger charge is -2.41. The minimum absolute atomic E-state index is 0.0935. The maximum absolute atomic E-state index is 10.2.